The number of hydrogen-bond acceptors (Lipinski definition) is 4. The Labute approximate surface area is 122 Å². The molecule has 1 aliphatic heterocycles. The molecule has 1 heterocycles. The number of rotatable bonds is 3. The summed E-state index contributed by atoms with van der Waals surface area (Å²) < 4.78 is 11.1. The number of benzene rings is 1. The summed E-state index contributed by atoms with van der Waals surface area (Å²) in [7, 11) is 0. The van der Waals surface area contributed by atoms with Gasteiger partial charge in [0.25, 0.3) is 0 Å². The van der Waals surface area contributed by atoms with Gasteiger partial charge in [0, 0.05) is 5.92 Å². The van der Waals surface area contributed by atoms with Crippen molar-refractivity contribution in [1.29, 1.82) is 5.26 Å². The molecule has 0 bridgehead atoms. The first-order valence-electron chi connectivity index (χ1n) is 7.34. The van der Waals surface area contributed by atoms with E-state index in [4.69, 9.17) is 14.7 Å². The second-order valence-corrected chi connectivity index (χ2v) is 6.03. The van der Waals surface area contributed by atoms with Gasteiger partial charge in [-0.2, -0.15) is 5.26 Å². The molecule has 1 N–H and O–H groups in total. The summed E-state index contributed by atoms with van der Waals surface area (Å²) in [5.41, 5.74) is 0.540. The number of nitrogens with one attached hydrogen (secondary N) is 1. The van der Waals surface area contributed by atoms with E-state index in [1.807, 2.05) is 18.2 Å². The van der Waals surface area contributed by atoms with Gasteiger partial charge in [0.1, 0.15) is 18.8 Å². The van der Waals surface area contributed by atoms with Crippen molar-refractivity contribution in [3.05, 3.63) is 23.8 Å². The summed E-state index contributed by atoms with van der Waals surface area (Å²) in [5, 5.41) is 11.9. The molecule has 2 aliphatic carbocycles. The minimum atomic E-state index is -0.572. The number of ether oxygens (including phenoxy) is 2. The maximum Gasteiger partial charge on any atom is 0.224 e. The summed E-state index contributed by atoms with van der Waals surface area (Å²) in [4.78, 5) is 12.2. The van der Waals surface area contributed by atoms with Gasteiger partial charge in [0.15, 0.2) is 11.5 Å². The predicted molar refractivity (Wildman–Crippen MR) is 74.0 cm³/mol. The van der Waals surface area contributed by atoms with E-state index in [0.29, 0.717) is 13.2 Å². The van der Waals surface area contributed by atoms with Gasteiger partial charge in [-0.05, 0) is 42.9 Å². The molecule has 3 aliphatic rings. The normalized spacial score (nSPS) is 27.4. The van der Waals surface area contributed by atoms with E-state index in [0.717, 1.165) is 36.3 Å². The Hall–Kier alpha value is -2.22. The second-order valence-electron chi connectivity index (χ2n) is 6.03. The van der Waals surface area contributed by atoms with Crippen LogP contribution >= 0.6 is 0 Å². The van der Waals surface area contributed by atoms with Crippen LogP contribution in [0.25, 0.3) is 0 Å². The van der Waals surface area contributed by atoms with Gasteiger partial charge in [-0.25, -0.2) is 0 Å². The van der Waals surface area contributed by atoms with Gasteiger partial charge in [-0.3, -0.25) is 4.79 Å². The average molecular weight is 284 g/mol. The van der Waals surface area contributed by atoms with E-state index in [2.05, 4.69) is 11.4 Å². The van der Waals surface area contributed by atoms with Crippen LogP contribution in [0.4, 0.5) is 0 Å². The molecule has 5 heteroatoms. The zero-order chi connectivity index (χ0) is 14.4. The largest absolute Gasteiger partial charge is 0.486 e. The van der Waals surface area contributed by atoms with Crippen molar-refractivity contribution in [2.45, 2.75) is 30.7 Å². The van der Waals surface area contributed by atoms with Gasteiger partial charge >= 0.3 is 0 Å². The molecule has 0 radical (unpaired) electrons. The van der Waals surface area contributed by atoms with Crippen molar-refractivity contribution < 1.29 is 14.3 Å². The Kier molecular flexibility index (Phi) is 2.61. The number of nitriles is 1. The summed E-state index contributed by atoms with van der Waals surface area (Å²) in [6, 6.07) is 8.08. The summed E-state index contributed by atoms with van der Waals surface area (Å²) in [6.07, 6.45) is 2.39. The highest BCUT2D eigenvalue weighted by Crippen LogP contribution is 2.50. The van der Waals surface area contributed by atoms with E-state index in [1.165, 1.54) is 0 Å². The van der Waals surface area contributed by atoms with Gasteiger partial charge in [-0.1, -0.05) is 6.07 Å². The lowest BCUT2D eigenvalue weighted by molar-refractivity contribution is -0.123. The highest BCUT2D eigenvalue weighted by atomic mass is 16.6. The molecular weight excluding hydrogens is 268 g/mol. The zero-order valence-electron chi connectivity index (χ0n) is 11.6. The Morgan fingerprint density at radius 1 is 1.29 bits per heavy atom. The fourth-order valence-electron chi connectivity index (χ4n) is 2.86. The number of amides is 1. The third kappa shape index (κ3) is 2.21. The first-order chi connectivity index (χ1) is 10.2. The van der Waals surface area contributed by atoms with Crippen LogP contribution in [0.15, 0.2) is 18.2 Å². The summed E-state index contributed by atoms with van der Waals surface area (Å²) in [5.74, 6) is 1.76. The zero-order valence-corrected chi connectivity index (χ0v) is 11.6. The first kappa shape index (κ1) is 12.5. The predicted octanol–water partition coefficient (Wildman–Crippen LogP) is 1.73. The van der Waals surface area contributed by atoms with Gasteiger partial charge in [0.2, 0.25) is 5.91 Å². The molecule has 2 atom stereocenters. The van der Waals surface area contributed by atoms with E-state index < -0.39 is 5.54 Å². The third-order valence-electron chi connectivity index (χ3n) is 4.45. The standard InChI is InChI=1S/C16H16N2O3/c17-9-16(3-4-16)18-15(19)12-8-11(12)10-1-2-13-14(7-10)21-6-5-20-13/h1-2,7,11-12H,3-6,8H2,(H,18,19)/t11-,12+/m0/s1. The molecule has 1 amide bonds. The number of fused-ring (bicyclic) bond motifs is 1. The minimum absolute atomic E-state index is 0.00828. The van der Waals surface area contributed by atoms with E-state index in [1.54, 1.807) is 0 Å². The van der Waals surface area contributed by atoms with Gasteiger partial charge < -0.3 is 14.8 Å². The molecule has 1 aromatic carbocycles. The van der Waals surface area contributed by atoms with E-state index in [9.17, 15) is 4.79 Å². The van der Waals surface area contributed by atoms with E-state index >= 15 is 0 Å². The average Bonchev–Trinajstić information content (AvgIpc) is 3.41. The van der Waals surface area contributed by atoms with Crippen molar-refractivity contribution in [2.75, 3.05) is 13.2 Å². The molecule has 0 saturated heterocycles. The Balaban J connectivity index is 1.45. The lowest BCUT2D eigenvalue weighted by atomic mass is 10.1. The molecule has 2 fully saturated rings. The van der Waals surface area contributed by atoms with Crippen LogP contribution in [-0.4, -0.2) is 24.7 Å². The van der Waals surface area contributed by atoms with Crippen molar-refractivity contribution in [1.82, 2.24) is 5.32 Å². The fourth-order valence-corrected chi connectivity index (χ4v) is 2.86. The van der Waals surface area contributed by atoms with Crippen LogP contribution in [0, 0.1) is 17.2 Å². The molecule has 21 heavy (non-hydrogen) atoms. The molecule has 0 aromatic heterocycles. The lowest BCUT2D eigenvalue weighted by Crippen LogP contribution is -2.36. The molecule has 5 nitrogen and oxygen atoms in total. The second kappa shape index (κ2) is 4.39. The molecule has 108 valence electrons. The number of carbonyl (C=O) groups is 1. The smallest absolute Gasteiger partial charge is 0.224 e. The van der Waals surface area contributed by atoms with Crippen LogP contribution in [0.3, 0.4) is 0 Å². The molecule has 0 spiro atoms. The third-order valence-corrected chi connectivity index (χ3v) is 4.45. The van der Waals surface area contributed by atoms with Gasteiger partial charge in [0.05, 0.1) is 6.07 Å². The number of hydrogen-bond donors (Lipinski definition) is 1. The van der Waals surface area contributed by atoms with Gasteiger partial charge in [-0.15, -0.1) is 0 Å². The van der Waals surface area contributed by atoms with Crippen LogP contribution in [0.5, 0.6) is 11.5 Å². The topological polar surface area (TPSA) is 71.4 Å². The first-order valence-corrected chi connectivity index (χ1v) is 7.34. The van der Waals surface area contributed by atoms with E-state index in [-0.39, 0.29) is 17.7 Å². The van der Waals surface area contributed by atoms with Crippen molar-refractivity contribution >= 4 is 5.91 Å². The molecular formula is C16H16N2O3. The number of nitrogens with zero attached hydrogens (tertiary/aromatic N) is 1. The molecule has 2 saturated carbocycles. The monoisotopic (exact) mass is 284 g/mol. The van der Waals surface area contributed by atoms with Crippen LogP contribution in [0.2, 0.25) is 0 Å². The molecule has 1 aromatic rings. The van der Waals surface area contributed by atoms with Crippen LogP contribution in [-0.2, 0) is 4.79 Å². The maximum absolute atomic E-state index is 12.2. The lowest BCUT2D eigenvalue weighted by Gasteiger charge is -2.19. The Morgan fingerprint density at radius 2 is 2.05 bits per heavy atom. The summed E-state index contributed by atoms with van der Waals surface area (Å²) in [6.45, 7) is 1.15. The maximum atomic E-state index is 12.2. The highest BCUT2D eigenvalue weighted by molar-refractivity contribution is 5.84. The molecule has 0 unspecified atom stereocenters. The van der Waals surface area contributed by atoms with Crippen LogP contribution < -0.4 is 14.8 Å². The summed E-state index contributed by atoms with van der Waals surface area (Å²) >= 11 is 0. The SMILES string of the molecule is N#CC1(NC(=O)[C@@H]2C[C@H]2c2ccc3c(c2)OCCO3)CC1. The van der Waals surface area contributed by atoms with Crippen LogP contribution in [0.1, 0.15) is 30.7 Å². The number of carbonyl (C=O) groups excluding carboxylic acids is 1. The highest BCUT2D eigenvalue weighted by Gasteiger charge is 2.50. The van der Waals surface area contributed by atoms with Crippen molar-refractivity contribution in [3.63, 3.8) is 0 Å². The molecule has 4 rings (SSSR count). The van der Waals surface area contributed by atoms with Crippen molar-refractivity contribution in [3.8, 4) is 17.6 Å². The Bertz CT molecular complexity index is 645. The van der Waals surface area contributed by atoms with Crippen molar-refractivity contribution in [2.24, 2.45) is 5.92 Å². The fraction of sp³-hybridized carbons (Fsp3) is 0.500. The quantitative estimate of drug-likeness (QED) is 0.917. The Morgan fingerprint density at radius 3 is 2.76 bits per heavy atom. The minimum Gasteiger partial charge on any atom is -0.486 e.